The fourth-order valence-corrected chi connectivity index (χ4v) is 5.04. The summed E-state index contributed by atoms with van der Waals surface area (Å²) >= 11 is 1.49. The smallest absolute Gasteiger partial charge is 0.230 e. The number of aromatic nitrogens is 3. The van der Waals surface area contributed by atoms with Crippen LogP contribution in [0.5, 0.6) is 5.88 Å². The van der Waals surface area contributed by atoms with Crippen LogP contribution in [0, 0.1) is 0 Å². The Morgan fingerprint density at radius 2 is 1.85 bits per heavy atom. The van der Waals surface area contributed by atoms with E-state index in [0.717, 1.165) is 36.4 Å². The molecule has 0 aliphatic carbocycles. The van der Waals surface area contributed by atoms with E-state index in [1.807, 2.05) is 18.2 Å². The summed E-state index contributed by atoms with van der Waals surface area (Å²) in [6.45, 7) is 3.03. The molecule has 136 valence electrons. The topological polar surface area (TPSA) is 72.1 Å². The molecule has 4 heterocycles. The first kappa shape index (κ1) is 16.2. The van der Waals surface area contributed by atoms with Crippen LogP contribution < -0.4 is 0 Å². The third-order valence-corrected chi connectivity index (χ3v) is 6.33. The number of piperidine rings is 1. The molecule has 2 aromatic heterocycles. The summed E-state index contributed by atoms with van der Waals surface area (Å²) in [7, 11) is 0. The van der Waals surface area contributed by atoms with Crippen LogP contribution in [0.4, 0.5) is 0 Å². The molecule has 5 rings (SSSR count). The maximum atomic E-state index is 10.7. The third kappa shape index (κ3) is 2.61. The number of hydrogen-bond donors (Lipinski definition) is 1. The summed E-state index contributed by atoms with van der Waals surface area (Å²) in [4.78, 5) is 8.19. The van der Waals surface area contributed by atoms with E-state index in [2.05, 4.69) is 27.1 Å². The summed E-state index contributed by atoms with van der Waals surface area (Å²) < 4.78 is 13.2. The van der Waals surface area contributed by atoms with Crippen molar-refractivity contribution in [2.45, 2.75) is 24.7 Å². The third-order valence-electron chi connectivity index (χ3n) is 5.24. The molecule has 0 radical (unpaired) electrons. The number of fused-ring (bicyclic) bond motifs is 1. The number of ether oxygens (including phenoxy) is 2. The number of thiazole rings is 1. The van der Waals surface area contributed by atoms with Gasteiger partial charge in [0.05, 0.1) is 24.1 Å². The van der Waals surface area contributed by atoms with Crippen LogP contribution in [0.25, 0.3) is 4.96 Å². The molecule has 2 fully saturated rings. The molecule has 2 aliphatic heterocycles. The SMILES string of the molecule is Oc1c(C(c2ccccc2)N2CCC3(CC2)OCCO3)sc2ncnn12. The average molecular weight is 372 g/mol. The van der Waals surface area contributed by atoms with Crippen molar-refractivity contribution in [1.82, 2.24) is 19.5 Å². The van der Waals surface area contributed by atoms with E-state index < -0.39 is 5.79 Å². The predicted molar refractivity (Wildman–Crippen MR) is 96.3 cm³/mol. The monoisotopic (exact) mass is 372 g/mol. The molecule has 1 unspecified atom stereocenters. The summed E-state index contributed by atoms with van der Waals surface area (Å²) in [5.41, 5.74) is 1.15. The van der Waals surface area contributed by atoms with Gasteiger partial charge in [0.1, 0.15) is 6.33 Å². The normalized spacial score (nSPS) is 21.5. The van der Waals surface area contributed by atoms with Gasteiger partial charge in [-0.3, -0.25) is 4.90 Å². The molecule has 0 saturated carbocycles. The first-order chi connectivity index (χ1) is 12.8. The maximum absolute atomic E-state index is 10.7. The molecule has 0 bridgehead atoms. The van der Waals surface area contributed by atoms with Crippen LogP contribution in [0.2, 0.25) is 0 Å². The zero-order chi connectivity index (χ0) is 17.6. The van der Waals surface area contributed by atoms with Crippen molar-refractivity contribution in [3.05, 3.63) is 47.1 Å². The minimum Gasteiger partial charge on any atom is -0.492 e. The summed E-state index contributed by atoms with van der Waals surface area (Å²) in [6, 6.07) is 10.2. The van der Waals surface area contributed by atoms with E-state index in [9.17, 15) is 5.11 Å². The lowest BCUT2D eigenvalue weighted by atomic mass is 9.97. The lowest BCUT2D eigenvalue weighted by molar-refractivity contribution is -0.187. The van der Waals surface area contributed by atoms with Crippen LogP contribution in [0.15, 0.2) is 36.7 Å². The molecule has 1 spiro atoms. The van der Waals surface area contributed by atoms with E-state index in [1.54, 1.807) is 0 Å². The fourth-order valence-electron chi connectivity index (χ4n) is 3.94. The molecule has 3 aromatic rings. The van der Waals surface area contributed by atoms with Gasteiger partial charge in [-0.25, -0.2) is 4.98 Å². The van der Waals surface area contributed by atoms with E-state index in [4.69, 9.17) is 9.47 Å². The zero-order valence-corrected chi connectivity index (χ0v) is 15.1. The number of likely N-dealkylation sites (tertiary alicyclic amines) is 1. The molecule has 2 aliphatic rings. The Kier molecular flexibility index (Phi) is 3.93. The van der Waals surface area contributed by atoms with Gasteiger partial charge in [0.15, 0.2) is 5.79 Å². The van der Waals surface area contributed by atoms with Gasteiger partial charge in [-0.05, 0) is 5.56 Å². The Hall–Kier alpha value is -2.00. The van der Waals surface area contributed by atoms with Crippen molar-refractivity contribution in [3.63, 3.8) is 0 Å². The van der Waals surface area contributed by atoms with Crippen LogP contribution in [0.3, 0.4) is 0 Å². The molecule has 2 saturated heterocycles. The lowest BCUT2D eigenvalue weighted by Crippen LogP contribution is -2.46. The van der Waals surface area contributed by atoms with Gasteiger partial charge in [0, 0.05) is 25.9 Å². The quantitative estimate of drug-likeness (QED) is 0.761. The molecule has 1 aromatic carbocycles. The van der Waals surface area contributed by atoms with Crippen LogP contribution in [0.1, 0.15) is 29.3 Å². The van der Waals surface area contributed by atoms with Crippen molar-refractivity contribution in [1.29, 1.82) is 0 Å². The number of benzene rings is 1. The van der Waals surface area contributed by atoms with Gasteiger partial charge in [0.2, 0.25) is 10.8 Å². The summed E-state index contributed by atoms with van der Waals surface area (Å²) in [6.07, 6.45) is 3.13. The van der Waals surface area contributed by atoms with E-state index in [-0.39, 0.29) is 11.9 Å². The second kappa shape index (κ2) is 6.31. The van der Waals surface area contributed by atoms with Gasteiger partial charge >= 0.3 is 0 Å². The highest BCUT2D eigenvalue weighted by Crippen LogP contribution is 2.42. The van der Waals surface area contributed by atoms with Crippen molar-refractivity contribution >= 4 is 16.3 Å². The van der Waals surface area contributed by atoms with Crippen molar-refractivity contribution < 1.29 is 14.6 Å². The van der Waals surface area contributed by atoms with Gasteiger partial charge in [-0.15, -0.1) is 0 Å². The van der Waals surface area contributed by atoms with E-state index in [0.29, 0.717) is 18.2 Å². The molecule has 7 nitrogen and oxygen atoms in total. The Morgan fingerprint density at radius 1 is 1.12 bits per heavy atom. The van der Waals surface area contributed by atoms with Crippen LogP contribution in [-0.4, -0.2) is 56.7 Å². The minimum atomic E-state index is -0.411. The van der Waals surface area contributed by atoms with Crippen molar-refractivity contribution in [2.24, 2.45) is 0 Å². The zero-order valence-electron chi connectivity index (χ0n) is 14.2. The number of hydrogen-bond acceptors (Lipinski definition) is 7. The molecule has 1 atom stereocenters. The Labute approximate surface area is 154 Å². The largest absolute Gasteiger partial charge is 0.492 e. The summed E-state index contributed by atoms with van der Waals surface area (Å²) in [5.74, 6) is -0.240. The molecule has 1 N–H and O–H groups in total. The fraction of sp³-hybridized carbons (Fsp3) is 0.444. The van der Waals surface area contributed by atoms with E-state index in [1.165, 1.54) is 22.2 Å². The average Bonchev–Trinajstić information content (AvgIpc) is 3.38. The molecular formula is C18H20N4O3S. The van der Waals surface area contributed by atoms with Gasteiger partial charge in [-0.2, -0.15) is 9.61 Å². The summed E-state index contributed by atoms with van der Waals surface area (Å²) in [5, 5.41) is 14.9. The highest BCUT2D eigenvalue weighted by molar-refractivity contribution is 7.17. The second-order valence-corrected chi connectivity index (χ2v) is 7.71. The Balaban J connectivity index is 1.51. The predicted octanol–water partition coefficient (Wildman–Crippen LogP) is 2.42. The van der Waals surface area contributed by atoms with Crippen LogP contribution >= 0.6 is 11.3 Å². The standard InChI is InChI=1S/C18H20N4O3S/c23-16-15(26-17-19-12-20-22(16)17)14(13-4-2-1-3-5-13)21-8-6-18(7-9-21)24-10-11-25-18/h1-5,12,14,23H,6-11H2. The van der Waals surface area contributed by atoms with E-state index >= 15 is 0 Å². The first-order valence-corrected chi connectivity index (χ1v) is 9.66. The van der Waals surface area contributed by atoms with Crippen molar-refractivity contribution in [2.75, 3.05) is 26.3 Å². The molecule has 0 amide bonds. The number of nitrogens with zero attached hydrogens (tertiary/aromatic N) is 4. The minimum absolute atomic E-state index is 0.0385. The van der Waals surface area contributed by atoms with Gasteiger partial charge in [-0.1, -0.05) is 41.7 Å². The maximum Gasteiger partial charge on any atom is 0.230 e. The number of rotatable bonds is 3. The van der Waals surface area contributed by atoms with Gasteiger partial charge in [0.25, 0.3) is 0 Å². The molecule has 8 heteroatoms. The molecule has 26 heavy (non-hydrogen) atoms. The second-order valence-electron chi connectivity index (χ2n) is 6.70. The highest BCUT2D eigenvalue weighted by atomic mass is 32.1. The van der Waals surface area contributed by atoms with Crippen LogP contribution in [-0.2, 0) is 9.47 Å². The number of aromatic hydroxyl groups is 1. The van der Waals surface area contributed by atoms with Crippen molar-refractivity contribution in [3.8, 4) is 5.88 Å². The Bertz CT molecular complexity index is 894. The molecular weight excluding hydrogens is 352 g/mol. The highest BCUT2D eigenvalue weighted by Gasteiger charge is 2.42. The first-order valence-electron chi connectivity index (χ1n) is 8.84. The lowest BCUT2D eigenvalue weighted by Gasteiger charge is -2.41. The van der Waals surface area contributed by atoms with Gasteiger partial charge < -0.3 is 14.6 Å². The Morgan fingerprint density at radius 3 is 2.54 bits per heavy atom.